The molecule has 0 unspecified atom stereocenters. The number of aryl methyl sites for hydroxylation is 1. The Morgan fingerprint density at radius 3 is 2.60 bits per heavy atom. The molecule has 0 aliphatic carbocycles. The minimum Gasteiger partial charge on any atom is -0.268 e. The lowest BCUT2D eigenvalue weighted by molar-refractivity contribution is 0.515. The molecule has 0 aromatic carbocycles. The molecular weight excluding hydrogens is 212 g/mol. The number of rotatable bonds is 6. The summed E-state index contributed by atoms with van der Waals surface area (Å²) in [7, 11) is 0. The molecule has 1 N–H and O–H groups in total. The average Bonchev–Trinajstić information content (AvgIpc) is 2.23. The second-order valence-corrected chi connectivity index (χ2v) is 3.88. The van der Waals surface area contributed by atoms with Crippen LogP contribution >= 0.6 is 12.6 Å². The first-order valence-corrected chi connectivity index (χ1v) is 5.78. The number of thiol groups is 1. The van der Waals surface area contributed by atoms with E-state index in [0.717, 1.165) is 31.4 Å². The fourth-order valence-electron chi connectivity index (χ4n) is 1.36. The number of nitrogens with one attached hydrogen (secondary N) is 1. The average molecular weight is 228 g/mol. The van der Waals surface area contributed by atoms with Crippen LogP contribution in [-0.2, 0) is 6.54 Å². The first-order chi connectivity index (χ1) is 7.24. The summed E-state index contributed by atoms with van der Waals surface area (Å²) in [6.45, 7) is 0.585. The van der Waals surface area contributed by atoms with Gasteiger partial charge in [0.25, 0.3) is 11.1 Å². The number of aromatic amines is 1. The lowest BCUT2D eigenvalue weighted by Crippen LogP contribution is -2.27. The van der Waals surface area contributed by atoms with E-state index < -0.39 is 0 Å². The highest BCUT2D eigenvalue weighted by Crippen LogP contribution is 2.01. The minimum atomic E-state index is -0.232. The van der Waals surface area contributed by atoms with Gasteiger partial charge in [-0.2, -0.15) is 12.6 Å². The van der Waals surface area contributed by atoms with Gasteiger partial charge in [-0.15, -0.1) is 0 Å². The molecule has 1 aromatic rings. The summed E-state index contributed by atoms with van der Waals surface area (Å²) in [6.07, 6.45) is 4.19. The van der Waals surface area contributed by atoms with Crippen molar-refractivity contribution in [3.8, 4) is 0 Å². The van der Waals surface area contributed by atoms with Crippen molar-refractivity contribution >= 4 is 12.6 Å². The Labute approximate surface area is 93.7 Å². The molecule has 1 heterocycles. The third kappa shape index (κ3) is 4.38. The molecule has 0 aliphatic rings. The molecule has 0 saturated carbocycles. The van der Waals surface area contributed by atoms with Crippen LogP contribution in [0.2, 0.25) is 0 Å². The Hall–Kier alpha value is -0.970. The fraction of sp³-hybridized carbons (Fsp3) is 0.600. The maximum absolute atomic E-state index is 11.3. The largest absolute Gasteiger partial charge is 0.268 e. The zero-order chi connectivity index (χ0) is 11.1. The molecule has 84 valence electrons. The number of aromatic nitrogens is 2. The van der Waals surface area contributed by atoms with Gasteiger partial charge < -0.3 is 0 Å². The van der Waals surface area contributed by atoms with Crippen LogP contribution < -0.4 is 11.1 Å². The quantitative estimate of drug-likeness (QED) is 0.564. The van der Waals surface area contributed by atoms with Crippen molar-refractivity contribution in [2.75, 3.05) is 5.75 Å². The smallest absolute Gasteiger partial charge is 0.265 e. The van der Waals surface area contributed by atoms with Crippen molar-refractivity contribution in [3.63, 3.8) is 0 Å². The van der Waals surface area contributed by atoms with E-state index in [1.807, 2.05) is 0 Å². The molecule has 1 aromatic heterocycles. The van der Waals surface area contributed by atoms with Gasteiger partial charge in [-0.25, -0.2) is 0 Å². The standard InChI is InChI=1S/C10H16N2O2S/c13-9-5-6-10(14)12(11-9)7-3-1-2-4-8-15/h5-6,15H,1-4,7-8H2,(H,11,13). The highest BCUT2D eigenvalue weighted by atomic mass is 32.1. The summed E-state index contributed by atoms with van der Waals surface area (Å²) in [5, 5.41) is 2.50. The molecule has 0 fully saturated rings. The molecule has 0 aliphatic heterocycles. The van der Waals surface area contributed by atoms with Crippen LogP contribution in [0.3, 0.4) is 0 Å². The van der Waals surface area contributed by atoms with E-state index >= 15 is 0 Å². The number of nitrogens with zero attached hydrogens (tertiary/aromatic N) is 1. The lowest BCUT2D eigenvalue weighted by atomic mass is 10.2. The summed E-state index contributed by atoms with van der Waals surface area (Å²) in [6, 6.07) is 2.55. The van der Waals surface area contributed by atoms with Gasteiger partial charge in [0.2, 0.25) is 0 Å². The van der Waals surface area contributed by atoms with E-state index in [-0.39, 0.29) is 11.1 Å². The molecule has 4 nitrogen and oxygen atoms in total. The van der Waals surface area contributed by atoms with Crippen LogP contribution in [0, 0.1) is 0 Å². The van der Waals surface area contributed by atoms with Gasteiger partial charge in [-0.1, -0.05) is 12.8 Å². The summed E-state index contributed by atoms with van der Waals surface area (Å²) in [5.41, 5.74) is -0.381. The molecule has 1 rings (SSSR count). The Morgan fingerprint density at radius 2 is 1.87 bits per heavy atom. The predicted octanol–water partition coefficient (Wildman–Crippen LogP) is 1.03. The summed E-state index contributed by atoms with van der Waals surface area (Å²) < 4.78 is 1.36. The fourth-order valence-corrected chi connectivity index (χ4v) is 1.59. The van der Waals surface area contributed by atoms with Crippen LogP contribution in [-0.4, -0.2) is 15.5 Å². The van der Waals surface area contributed by atoms with E-state index in [1.54, 1.807) is 0 Å². The van der Waals surface area contributed by atoms with Gasteiger partial charge in [-0.05, 0) is 18.6 Å². The maximum Gasteiger partial charge on any atom is 0.265 e. The number of hydrogen-bond acceptors (Lipinski definition) is 3. The van der Waals surface area contributed by atoms with Gasteiger partial charge in [-0.3, -0.25) is 19.4 Å². The van der Waals surface area contributed by atoms with Crippen LogP contribution in [0.5, 0.6) is 0 Å². The zero-order valence-corrected chi connectivity index (χ0v) is 9.50. The number of hydrogen-bond donors (Lipinski definition) is 2. The van der Waals surface area contributed by atoms with Gasteiger partial charge >= 0.3 is 0 Å². The monoisotopic (exact) mass is 228 g/mol. The summed E-state index contributed by atoms with van der Waals surface area (Å²) in [5.74, 6) is 0.905. The zero-order valence-electron chi connectivity index (χ0n) is 8.61. The molecule has 5 heteroatoms. The van der Waals surface area contributed by atoms with E-state index in [2.05, 4.69) is 17.7 Å². The van der Waals surface area contributed by atoms with E-state index in [9.17, 15) is 9.59 Å². The molecule has 0 bridgehead atoms. The second kappa shape index (κ2) is 6.50. The number of unbranched alkanes of at least 4 members (excludes halogenated alkanes) is 3. The normalized spacial score (nSPS) is 10.5. The van der Waals surface area contributed by atoms with Gasteiger partial charge in [0.05, 0.1) is 0 Å². The highest BCUT2D eigenvalue weighted by molar-refractivity contribution is 7.80. The Balaban J connectivity index is 2.40. The predicted molar refractivity (Wildman–Crippen MR) is 63.6 cm³/mol. The van der Waals surface area contributed by atoms with Crippen molar-refractivity contribution in [3.05, 3.63) is 32.8 Å². The SMILES string of the molecule is O=c1ccc(=O)n(CCCCCCS)[nH]1. The Morgan fingerprint density at radius 1 is 1.13 bits per heavy atom. The van der Waals surface area contributed by atoms with Crippen molar-refractivity contribution in [1.82, 2.24) is 9.78 Å². The van der Waals surface area contributed by atoms with Gasteiger partial charge in [0.15, 0.2) is 0 Å². The molecular formula is C10H16N2O2S. The van der Waals surface area contributed by atoms with Crippen LogP contribution in [0.4, 0.5) is 0 Å². The summed E-state index contributed by atoms with van der Waals surface area (Å²) >= 11 is 4.12. The lowest BCUT2D eigenvalue weighted by Gasteiger charge is -2.03. The van der Waals surface area contributed by atoms with E-state index in [4.69, 9.17) is 0 Å². The third-order valence-electron chi connectivity index (χ3n) is 2.18. The maximum atomic E-state index is 11.3. The van der Waals surface area contributed by atoms with Crippen molar-refractivity contribution in [2.45, 2.75) is 32.2 Å². The van der Waals surface area contributed by atoms with E-state index in [0.29, 0.717) is 6.54 Å². The molecule has 0 spiro atoms. The molecule has 0 amide bonds. The first-order valence-electron chi connectivity index (χ1n) is 5.15. The third-order valence-corrected chi connectivity index (χ3v) is 2.49. The van der Waals surface area contributed by atoms with E-state index in [1.165, 1.54) is 16.8 Å². The number of H-pyrrole nitrogens is 1. The second-order valence-electron chi connectivity index (χ2n) is 3.44. The van der Waals surface area contributed by atoms with Crippen molar-refractivity contribution < 1.29 is 0 Å². The van der Waals surface area contributed by atoms with Crippen molar-refractivity contribution in [2.24, 2.45) is 0 Å². The first kappa shape index (κ1) is 12.1. The minimum absolute atomic E-state index is 0.149. The van der Waals surface area contributed by atoms with Crippen LogP contribution in [0.15, 0.2) is 21.7 Å². The molecule has 0 atom stereocenters. The Kier molecular flexibility index (Phi) is 5.25. The summed E-state index contributed by atoms with van der Waals surface area (Å²) in [4.78, 5) is 22.2. The van der Waals surface area contributed by atoms with Crippen molar-refractivity contribution in [1.29, 1.82) is 0 Å². The van der Waals surface area contributed by atoms with Gasteiger partial charge in [0.1, 0.15) is 0 Å². The van der Waals surface area contributed by atoms with Crippen LogP contribution in [0.1, 0.15) is 25.7 Å². The molecule has 15 heavy (non-hydrogen) atoms. The molecule has 0 radical (unpaired) electrons. The molecule has 0 saturated heterocycles. The Bertz CT molecular complexity index is 397. The highest BCUT2D eigenvalue weighted by Gasteiger charge is 1.96. The van der Waals surface area contributed by atoms with Crippen LogP contribution in [0.25, 0.3) is 0 Å². The van der Waals surface area contributed by atoms with Gasteiger partial charge in [0, 0.05) is 18.7 Å². The topological polar surface area (TPSA) is 54.9 Å².